The minimum Gasteiger partial charge on any atom is -0.382 e. The number of imidazole rings is 1. The summed E-state index contributed by atoms with van der Waals surface area (Å²) in [6, 6.07) is 14.0. The molecule has 0 bridgehead atoms. The number of aryl methyl sites for hydroxylation is 1. The third-order valence-corrected chi connectivity index (χ3v) is 8.52. The maximum absolute atomic E-state index is 14.2. The van der Waals surface area contributed by atoms with Gasteiger partial charge in [0.05, 0.1) is 23.3 Å². The van der Waals surface area contributed by atoms with Crippen LogP contribution in [0.1, 0.15) is 65.7 Å². The van der Waals surface area contributed by atoms with Gasteiger partial charge in [0.2, 0.25) is 0 Å². The molecule has 0 aliphatic heterocycles. The van der Waals surface area contributed by atoms with Crippen LogP contribution in [0.4, 0.5) is 18.9 Å². The normalized spacial score (nSPS) is 15.9. The van der Waals surface area contributed by atoms with E-state index in [1.54, 1.807) is 16.8 Å². The number of aromatic nitrogens is 3. The third kappa shape index (κ3) is 5.38. The fourth-order valence-electron chi connectivity index (χ4n) is 5.67. The molecular weight excluding hydrogens is 537 g/mol. The van der Waals surface area contributed by atoms with Crippen LogP contribution in [0.25, 0.3) is 16.9 Å². The van der Waals surface area contributed by atoms with E-state index in [0.29, 0.717) is 46.7 Å². The Bertz CT molecular complexity index is 1720. The number of ketones is 1. The van der Waals surface area contributed by atoms with Crippen LogP contribution >= 0.6 is 0 Å². The molecule has 2 aromatic heterocycles. The number of carbonyl (C=O) groups is 1. The summed E-state index contributed by atoms with van der Waals surface area (Å²) in [6.45, 7) is 9.23. The Morgan fingerprint density at radius 2 is 1.98 bits per heavy atom. The molecule has 0 radical (unpaired) electrons. The number of fused-ring (bicyclic) bond motifs is 1. The molecule has 42 heavy (non-hydrogen) atoms. The highest BCUT2D eigenvalue weighted by molar-refractivity contribution is 5.99. The van der Waals surface area contributed by atoms with Gasteiger partial charge in [0.25, 0.3) is 5.92 Å². The van der Waals surface area contributed by atoms with E-state index in [9.17, 15) is 18.0 Å². The quantitative estimate of drug-likeness (QED) is 0.138. The predicted octanol–water partition coefficient (Wildman–Crippen LogP) is 8.09. The number of benzene rings is 2. The lowest BCUT2D eigenvalue weighted by atomic mass is 9.92. The molecule has 0 atom stereocenters. The van der Waals surface area contributed by atoms with E-state index in [1.807, 2.05) is 37.3 Å². The van der Waals surface area contributed by atoms with Gasteiger partial charge in [-0.15, -0.1) is 0 Å². The zero-order valence-corrected chi connectivity index (χ0v) is 23.6. The van der Waals surface area contributed by atoms with Gasteiger partial charge in [0.15, 0.2) is 11.4 Å². The van der Waals surface area contributed by atoms with Crippen LogP contribution in [0.5, 0.6) is 0 Å². The van der Waals surface area contributed by atoms with Crippen molar-refractivity contribution in [2.45, 2.75) is 56.8 Å². The summed E-state index contributed by atoms with van der Waals surface area (Å²) in [5.41, 5.74) is 6.14. The number of alkyl halides is 2. The number of nitrogens with one attached hydrogen (secondary N) is 1. The van der Waals surface area contributed by atoms with E-state index in [4.69, 9.17) is 5.10 Å². The first-order valence-corrected chi connectivity index (χ1v) is 14.3. The molecule has 2 aromatic carbocycles. The van der Waals surface area contributed by atoms with Crippen LogP contribution in [0.15, 0.2) is 79.5 Å². The number of hydrogen-bond acceptors (Lipinski definition) is 4. The molecule has 8 heteroatoms. The highest BCUT2D eigenvalue weighted by atomic mass is 19.3. The molecule has 5 nitrogen and oxygen atoms in total. The average molecular weight is 571 g/mol. The Balaban J connectivity index is 1.39. The van der Waals surface area contributed by atoms with Crippen molar-refractivity contribution < 1.29 is 18.0 Å². The summed E-state index contributed by atoms with van der Waals surface area (Å²) in [4.78, 5) is 17.6. The fraction of sp³-hybridized carbons (Fsp3) is 0.324. The first-order valence-electron chi connectivity index (χ1n) is 14.3. The Morgan fingerprint density at radius 3 is 2.64 bits per heavy atom. The minimum atomic E-state index is -3.00. The summed E-state index contributed by atoms with van der Waals surface area (Å²) >= 11 is 0. The van der Waals surface area contributed by atoms with E-state index >= 15 is 0 Å². The second-order valence-corrected chi connectivity index (χ2v) is 11.6. The molecule has 6 rings (SSSR count). The summed E-state index contributed by atoms with van der Waals surface area (Å²) < 4.78 is 43.8. The van der Waals surface area contributed by atoms with Crippen LogP contribution in [-0.4, -0.2) is 32.8 Å². The molecule has 0 unspecified atom stereocenters. The van der Waals surface area contributed by atoms with E-state index < -0.39 is 17.8 Å². The van der Waals surface area contributed by atoms with Gasteiger partial charge in [-0.05, 0) is 80.0 Å². The molecule has 1 N–H and O–H groups in total. The lowest BCUT2D eigenvalue weighted by Crippen LogP contribution is -2.19. The van der Waals surface area contributed by atoms with Gasteiger partial charge in [0, 0.05) is 35.9 Å². The Hall–Kier alpha value is -4.20. The molecular formula is C34H33F3N4O. The fourth-order valence-corrected chi connectivity index (χ4v) is 5.67. The Labute approximate surface area is 243 Å². The van der Waals surface area contributed by atoms with Crippen LogP contribution in [0.2, 0.25) is 0 Å². The van der Waals surface area contributed by atoms with Gasteiger partial charge >= 0.3 is 0 Å². The maximum Gasteiger partial charge on any atom is 0.267 e. The summed E-state index contributed by atoms with van der Waals surface area (Å²) in [5.74, 6) is -2.79. The van der Waals surface area contributed by atoms with Crippen LogP contribution in [0, 0.1) is 18.7 Å². The smallest absolute Gasteiger partial charge is 0.267 e. The van der Waals surface area contributed by atoms with Crippen molar-refractivity contribution in [2.75, 3.05) is 11.9 Å². The molecule has 4 aromatic rings. The van der Waals surface area contributed by atoms with Crippen molar-refractivity contribution in [3.8, 4) is 11.3 Å². The van der Waals surface area contributed by atoms with Gasteiger partial charge in [-0.2, -0.15) is 5.10 Å². The number of Topliss-reactive ketones (excluding diaryl/α,β-unsaturated/α-hetero) is 1. The van der Waals surface area contributed by atoms with Crippen LogP contribution in [0.3, 0.4) is 0 Å². The zero-order chi connectivity index (χ0) is 29.6. The average Bonchev–Trinajstić information content (AvgIpc) is 3.89. The third-order valence-electron chi connectivity index (χ3n) is 8.52. The first-order chi connectivity index (χ1) is 20.1. The number of halogens is 3. The highest BCUT2D eigenvalue weighted by Gasteiger charge is 2.48. The van der Waals surface area contributed by atoms with E-state index in [0.717, 1.165) is 47.9 Å². The largest absolute Gasteiger partial charge is 0.382 e. The molecule has 2 heterocycles. The van der Waals surface area contributed by atoms with Crippen molar-refractivity contribution in [1.82, 2.24) is 14.6 Å². The van der Waals surface area contributed by atoms with Crippen LogP contribution < -0.4 is 5.32 Å². The number of rotatable bonds is 12. The maximum atomic E-state index is 14.2. The number of hydrogen-bond donors (Lipinski definition) is 1. The summed E-state index contributed by atoms with van der Waals surface area (Å²) in [7, 11) is 0. The lowest BCUT2D eigenvalue weighted by Gasteiger charge is -2.19. The topological polar surface area (TPSA) is 59.3 Å². The van der Waals surface area contributed by atoms with Gasteiger partial charge in [-0.25, -0.2) is 22.7 Å². The van der Waals surface area contributed by atoms with Crippen molar-refractivity contribution in [2.24, 2.45) is 5.92 Å². The molecule has 2 aliphatic carbocycles. The molecule has 0 amide bonds. The van der Waals surface area contributed by atoms with Crippen molar-refractivity contribution >= 4 is 17.1 Å². The van der Waals surface area contributed by atoms with E-state index in [2.05, 4.69) is 23.5 Å². The van der Waals surface area contributed by atoms with Gasteiger partial charge < -0.3 is 5.32 Å². The second kappa shape index (κ2) is 10.6. The van der Waals surface area contributed by atoms with Crippen molar-refractivity contribution in [1.29, 1.82) is 0 Å². The first kappa shape index (κ1) is 27.9. The molecule has 2 fully saturated rings. The standard InChI is InChI=1S/C34H33F3N4O/c1-4-34(36,37)14-15-38-28-19-31(33(12-13-33)25-6-5-7-26(35)18-25)40-41-29(20-39-32(28)41)24-10-11-27(22(3)16-24)30(42)17-21(2)23-8-9-23/h4-7,10-11,16,18-20,23,38H,1-2,8-9,12-15,17H2,3H3. The lowest BCUT2D eigenvalue weighted by molar-refractivity contribution is 0.0499. The van der Waals surface area contributed by atoms with E-state index in [1.165, 1.54) is 12.1 Å². The van der Waals surface area contributed by atoms with Crippen molar-refractivity contribution in [3.05, 3.63) is 108 Å². The minimum absolute atomic E-state index is 0.00461. The zero-order valence-electron chi connectivity index (χ0n) is 23.6. The van der Waals surface area contributed by atoms with Gasteiger partial charge in [-0.3, -0.25) is 4.79 Å². The number of allylic oxidation sites excluding steroid dienone is 2. The van der Waals surface area contributed by atoms with Crippen LogP contribution in [-0.2, 0) is 5.41 Å². The molecule has 216 valence electrons. The predicted molar refractivity (Wildman–Crippen MR) is 159 cm³/mol. The summed E-state index contributed by atoms with van der Waals surface area (Å²) in [6.07, 6.45) is 6.07. The van der Waals surface area contributed by atoms with Gasteiger partial charge in [-0.1, -0.05) is 43.0 Å². The number of nitrogens with zero attached hydrogens (tertiary/aromatic N) is 3. The monoisotopic (exact) mass is 570 g/mol. The number of carbonyl (C=O) groups excluding carboxylic acids is 1. The SMILES string of the molecule is C=CC(F)(F)CCNc1cc(C2(c3cccc(F)c3)CC2)nn2c(-c3ccc(C(=O)CC(=C)C4CC4)c(C)c3)cnc12. The molecule has 2 aliphatic rings. The van der Waals surface area contributed by atoms with Gasteiger partial charge in [0.1, 0.15) is 5.82 Å². The number of anilines is 1. The Kier molecular flexibility index (Phi) is 7.03. The molecule has 0 spiro atoms. The Morgan fingerprint density at radius 1 is 1.19 bits per heavy atom. The second-order valence-electron chi connectivity index (χ2n) is 11.6. The summed E-state index contributed by atoms with van der Waals surface area (Å²) in [5, 5.41) is 8.12. The highest BCUT2D eigenvalue weighted by Crippen LogP contribution is 2.53. The van der Waals surface area contributed by atoms with Crippen molar-refractivity contribution in [3.63, 3.8) is 0 Å². The molecule has 2 saturated carbocycles. The molecule has 0 saturated heterocycles. The van der Waals surface area contributed by atoms with E-state index in [-0.39, 0.29) is 18.1 Å².